The second-order valence-corrected chi connectivity index (χ2v) is 12.4. The summed E-state index contributed by atoms with van der Waals surface area (Å²) in [6.45, 7) is 8.14. The molecule has 248 valence electrons. The van der Waals surface area contributed by atoms with Crippen molar-refractivity contribution in [3.8, 4) is 11.5 Å². The van der Waals surface area contributed by atoms with Crippen molar-refractivity contribution in [2.24, 2.45) is 5.92 Å². The summed E-state index contributed by atoms with van der Waals surface area (Å²) in [6, 6.07) is 21.7. The summed E-state index contributed by atoms with van der Waals surface area (Å²) in [5.74, 6) is 0.708. The lowest BCUT2D eigenvalue weighted by atomic mass is 10.0. The molecule has 46 heavy (non-hydrogen) atoms. The van der Waals surface area contributed by atoms with Gasteiger partial charge in [0, 0.05) is 43.4 Å². The Kier molecular flexibility index (Phi) is 13.0. The predicted molar refractivity (Wildman–Crippen MR) is 181 cm³/mol. The van der Waals surface area contributed by atoms with E-state index in [0.29, 0.717) is 42.3 Å². The van der Waals surface area contributed by atoms with E-state index >= 15 is 0 Å². The molecule has 0 aliphatic carbocycles. The third-order valence-corrected chi connectivity index (χ3v) is 8.45. The molecule has 0 unspecified atom stereocenters. The van der Waals surface area contributed by atoms with Crippen LogP contribution in [0.4, 0.5) is 5.69 Å². The van der Waals surface area contributed by atoms with Crippen molar-refractivity contribution in [3.63, 3.8) is 0 Å². The fourth-order valence-corrected chi connectivity index (χ4v) is 5.67. The van der Waals surface area contributed by atoms with Crippen LogP contribution in [0.5, 0.6) is 11.5 Å². The van der Waals surface area contributed by atoms with Gasteiger partial charge in [0.15, 0.2) is 0 Å². The van der Waals surface area contributed by atoms with Crippen molar-refractivity contribution in [2.75, 3.05) is 45.8 Å². The number of rotatable bonds is 9. The van der Waals surface area contributed by atoms with Gasteiger partial charge >= 0.3 is 0 Å². The van der Waals surface area contributed by atoms with Crippen molar-refractivity contribution in [2.45, 2.75) is 64.8 Å². The van der Waals surface area contributed by atoms with Gasteiger partial charge in [-0.25, -0.2) is 0 Å². The summed E-state index contributed by atoms with van der Waals surface area (Å²) >= 11 is 0. The van der Waals surface area contributed by atoms with Gasteiger partial charge in [0.25, 0.3) is 11.8 Å². The van der Waals surface area contributed by atoms with Crippen LogP contribution in [0.15, 0.2) is 72.8 Å². The quantitative estimate of drug-likeness (QED) is 0.305. The van der Waals surface area contributed by atoms with Gasteiger partial charge in [-0.15, -0.1) is 0 Å². The molecule has 1 aliphatic heterocycles. The minimum Gasteiger partial charge on any atom is -0.497 e. The van der Waals surface area contributed by atoms with Crippen molar-refractivity contribution >= 4 is 17.5 Å². The molecule has 1 heterocycles. The summed E-state index contributed by atoms with van der Waals surface area (Å²) < 4.78 is 18.1. The Morgan fingerprint density at radius 2 is 1.83 bits per heavy atom. The number of methoxy groups -OCH3 is 1. The number of hydrogen-bond donors (Lipinski definition) is 2. The van der Waals surface area contributed by atoms with Crippen molar-refractivity contribution in [1.29, 1.82) is 0 Å². The smallest absolute Gasteiger partial charge is 0.258 e. The summed E-state index contributed by atoms with van der Waals surface area (Å²) in [5, 5.41) is 13.2. The van der Waals surface area contributed by atoms with Crippen LogP contribution in [0, 0.1) is 5.92 Å². The first-order valence-corrected chi connectivity index (χ1v) is 16.2. The van der Waals surface area contributed by atoms with Gasteiger partial charge in [-0.05, 0) is 88.2 Å². The zero-order valence-corrected chi connectivity index (χ0v) is 27.8. The highest BCUT2D eigenvalue weighted by molar-refractivity contribution is 6.05. The zero-order valence-electron chi connectivity index (χ0n) is 27.8. The van der Waals surface area contributed by atoms with E-state index in [0.717, 1.165) is 31.6 Å². The number of hydrogen-bond acceptors (Lipinski definition) is 7. The summed E-state index contributed by atoms with van der Waals surface area (Å²) in [7, 11) is 3.74. The molecule has 0 saturated carbocycles. The number of aliphatic hydroxyl groups is 1. The number of carbonyl (C=O) groups excluding carboxylic acids is 2. The Morgan fingerprint density at radius 3 is 2.52 bits per heavy atom. The Balaban J connectivity index is 1.59. The molecule has 0 bridgehead atoms. The Morgan fingerprint density at radius 1 is 1.09 bits per heavy atom. The van der Waals surface area contributed by atoms with Crippen molar-refractivity contribution in [1.82, 2.24) is 9.80 Å². The van der Waals surface area contributed by atoms with E-state index < -0.39 is 6.04 Å². The van der Waals surface area contributed by atoms with E-state index in [1.165, 1.54) is 5.56 Å². The van der Waals surface area contributed by atoms with E-state index in [1.807, 2.05) is 32.0 Å². The molecular weight excluding hydrogens is 582 g/mol. The summed E-state index contributed by atoms with van der Waals surface area (Å²) in [5.41, 5.74) is 2.52. The third kappa shape index (κ3) is 9.79. The number of fused-ring (bicyclic) bond motifs is 1. The second-order valence-electron chi connectivity index (χ2n) is 12.4. The van der Waals surface area contributed by atoms with Crippen LogP contribution in [0.1, 0.15) is 66.3 Å². The molecule has 9 nitrogen and oxygen atoms in total. The number of anilines is 1. The maximum atomic E-state index is 14.4. The third-order valence-electron chi connectivity index (χ3n) is 8.45. The van der Waals surface area contributed by atoms with Crippen LogP contribution in [-0.2, 0) is 11.3 Å². The molecule has 0 saturated heterocycles. The number of amides is 2. The fraction of sp³-hybridized carbons (Fsp3) is 0.459. The number of benzene rings is 3. The van der Waals surface area contributed by atoms with Gasteiger partial charge in [0.2, 0.25) is 0 Å². The maximum Gasteiger partial charge on any atom is 0.258 e. The standard InChI is InChI=1S/C37H49N3O6/c1-26-22-40(27(2)25-41)37(43)33-21-31(38-36(42)30-12-7-6-8-13-30)16-19-34(33)46-28(3)11-9-10-20-45-35(26)24-39(4)23-29-14-17-32(44-5)18-15-29/h6-8,12-19,21,26-28,35,41H,9-11,20,22-25H2,1-5H3,(H,38,42)/t26-,27+,28+,35+/m0/s1. The minimum atomic E-state index is -0.451. The predicted octanol–water partition coefficient (Wildman–Crippen LogP) is 5.88. The average molecular weight is 632 g/mol. The van der Waals surface area contributed by atoms with E-state index in [1.54, 1.807) is 54.5 Å². The molecule has 2 amide bonds. The molecule has 0 aromatic heterocycles. The fourth-order valence-electron chi connectivity index (χ4n) is 5.67. The number of likely N-dealkylation sites (N-methyl/N-ethyl adjacent to an activating group) is 1. The van der Waals surface area contributed by atoms with Crippen LogP contribution in [0.2, 0.25) is 0 Å². The maximum absolute atomic E-state index is 14.4. The van der Waals surface area contributed by atoms with Crippen LogP contribution in [0.25, 0.3) is 0 Å². The molecule has 3 aromatic carbocycles. The molecule has 4 atom stereocenters. The summed E-state index contributed by atoms with van der Waals surface area (Å²) in [6.07, 6.45) is 2.35. The topological polar surface area (TPSA) is 101 Å². The van der Waals surface area contributed by atoms with Crippen LogP contribution < -0.4 is 14.8 Å². The average Bonchev–Trinajstić information content (AvgIpc) is 3.06. The van der Waals surface area contributed by atoms with E-state index in [9.17, 15) is 14.7 Å². The monoisotopic (exact) mass is 631 g/mol. The van der Waals surface area contributed by atoms with E-state index in [-0.39, 0.29) is 36.5 Å². The zero-order chi connectivity index (χ0) is 33.1. The van der Waals surface area contributed by atoms with Gasteiger partial charge in [0.1, 0.15) is 11.5 Å². The molecular formula is C37H49N3O6. The normalized spacial score (nSPS) is 20.3. The highest BCUT2D eigenvalue weighted by Crippen LogP contribution is 2.29. The van der Waals surface area contributed by atoms with Gasteiger partial charge in [-0.2, -0.15) is 0 Å². The largest absolute Gasteiger partial charge is 0.497 e. The first kappa shape index (κ1) is 34.9. The highest BCUT2D eigenvalue weighted by atomic mass is 16.5. The van der Waals surface area contributed by atoms with Crippen LogP contribution >= 0.6 is 0 Å². The number of nitrogens with one attached hydrogen (secondary N) is 1. The van der Waals surface area contributed by atoms with Crippen molar-refractivity contribution in [3.05, 3.63) is 89.5 Å². The first-order chi connectivity index (χ1) is 22.2. The first-order valence-electron chi connectivity index (χ1n) is 16.2. The summed E-state index contributed by atoms with van der Waals surface area (Å²) in [4.78, 5) is 31.2. The molecule has 2 N–H and O–H groups in total. The highest BCUT2D eigenvalue weighted by Gasteiger charge is 2.30. The minimum absolute atomic E-state index is 0.0385. The number of ether oxygens (including phenoxy) is 3. The Bertz CT molecular complexity index is 1400. The Labute approximate surface area is 273 Å². The molecule has 1 aliphatic rings. The lowest BCUT2D eigenvalue weighted by Gasteiger charge is -2.36. The van der Waals surface area contributed by atoms with Gasteiger partial charge in [0.05, 0.1) is 37.5 Å². The number of nitrogens with zero attached hydrogens (tertiary/aromatic N) is 2. The number of carbonyl (C=O) groups is 2. The SMILES string of the molecule is COc1ccc(CN(C)C[C@H]2OCCCC[C@@H](C)Oc3ccc(NC(=O)c4ccccc4)cc3C(=O)N([C@H](C)CO)C[C@@H]2C)cc1. The molecule has 4 rings (SSSR count). The van der Waals surface area contributed by atoms with Crippen LogP contribution in [-0.4, -0.2) is 85.4 Å². The Hall–Kier alpha value is -3.92. The molecule has 9 heteroatoms. The second kappa shape index (κ2) is 17.1. The lowest BCUT2D eigenvalue weighted by Crippen LogP contribution is -2.47. The van der Waals surface area contributed by atoms with Gasteiger partial charge in [-0.1, -0.05) is 37.3 Å². The molecule has 3 aromatic rings. The lowest BCUT2D eigenvalue weighted by molar-refractivity contribution is -0.0177. The van der Waals surface area contributed by atoms with Gasteiger partial charge in [-0.3, -0.25) is 14.5 Å². The van der Waals surface area contributed by atoms with Crippen molar-refractivity contribution < 1.29 is 28.9 Å². The van der Waals surface area contributed by atoms with Gasteiger partial charge < -0.3 is 29.5 Å². The van der Waals surface area contributed by atoms with E-state index in [4.69, 9.17) is 14.2 Å². The van der Waals surface area contributed by atoms with Crippen LogP contribution in [0.3, 0.4) is 0 Å². The molecule has 0 radical (unpaired) electrons. The van der Waals surface area contributed by atoms with E-state index in [2.05, 4.69) is 36.3 Å². The molecule has 0 fully saturated rings. The molecule has 0 spiro atoms. The number of aliphatic hydroxyl groups excluding tert-OH is 1.